The Kier molecular flexibility index (Phi) is 3.89. The molecule has 3 nitrogen and oxygen atoms in total. The Hall–Kier alpha value is -1.77. The highest BCUT2D eigenvalue weighted by atomic mass is 16.3. The highest BCUT2D eigenvalue weighted by Gasteiger charge is 2.26. The van der Waals surface area contributed by atoms with Crippen molar-refractivity contribution in [2.45, 2.75) is 52.9 Å². The fourth-order valence-electron chi connectivity index (χ4n) is 2.49. The van der Waals surface area contributed by atoms with Crippen molar-refractivity contribution in [3.63, 3.8) is 0 Å². The van der Waals surface area contributed by atoms with Crippen LogP contribution >= 0.6 is 0 Å². The van der Waals surface area contributed by atoms with Crippen molar-refractivity contribution in [2.75, 3.05) is 0 Å². The Bertz CT molecular complexity index is 606. The Morgan fingerprint density at radius 1 is 1.20 bits per heavy atom. The molecular weight excluding hydrogens is 248 g/mol. The van der Waals surface area contributed by atoms with E-state index in [2.05, 4.69) is 27.7 Å². The number of rotatable bonds is 3. The number of nitrogens with zero attached hydrogens (tertiary/aromatic N) is 2. The standard InChI is InChI=1S/C17H24N2O/c1-6-9-13-15(17(3,4)5)18-19(16(13)20)14-11-8-7-10-12(14)2/h7-8,10-11,20H,6,9H2,1-5H3. The summed E-state index contributed by atoms with van der Waals surface area (Å²) in [5.41, 5.74) is 3.94. The Balaban J connectivity index is 2.65. The van der Waals surface area contributed by atoms with Gasteiger partial charge in [-0.1, -0.05) is 52.3 Å². The number of aromatic nitrogens is 2. The van der Waals surface area contributed by atoms with Gasteiger partial charge in [0.05, 0.1) is 11.4 Å². The fourth-order valence-corrected chi connectivity index (χ4v) is 2.49. The van der Waals surface area contributed by atoms with Gasteiger partial charge >= 0.3 is 0 Å². The molecule has 0 fully saturated rings. The van der Waals surface area contributed by atoms with Crippen LogP contribution in [-0.2, 0) is 11.8 Å². The molecule has 0 saturated heterocycles. The molecule has 1 heterocycles. The molecule has 0 aliphatic heterocycles. The summed E-state index contributed by atoms with van der Waals surface area (Å²) in [6.07, 6.45) is 1.85. The first-order chi connectivity index (χ1) is 9.36. The van der Waals surface area contributed by atoms with Gasteiger partial charge in [-0.25, -0.2) is 4.68 Å². The summed E-state index contributed by atoms with van der Waals surface area (Å²) < 4.78 is 1.68. The van der Waals surface area contributed by atoms with E-state index in [-0.39, 0.29) is 11.3 Å². The molecule has 0 spiro atoms. The predicted octanol–water partition coefficient (Wildman–Crippen LogP) is 4.14. The number of hydrogen-bond acceptors (Lipinski definition) is 2. The van der Waals surface area contributed by atoms with E-state index in [1.165, 1.54) is 0 Å². The highest BCUT2D eigenvalue weighted by molar-refractivity contribution is 5.46. The number of aromatic hydroxyl groups is 1. The SMILES string of the molecule is CCCc1c(C(C)(C)C)nn(-c2ccccc2C)c1O. The molecule has 0 bridgehead atoms. The first kappa shape index (κ1) is 14.6. The maximum atomic E-state index is 10.6. The monoisotopic (exact) mass is 272 g/mol. The number of para-hydroxylation sites is 1. The van der Waals surface area contributed by atoms with Gasteiger partial charge in [-0.05, 0) is 25.0 Å². The predicted molar refractivity (Wildman–Crippen MR) is 82.7 cm³/mol. The summed E-state index contributed by atoms with van der Waals surface area (Å²) in [4.78, 5) is 0. The lowest BCUT2D eigenvalue weighted by Crippen LogP contribution is -2.15. The summed E-state index contributed by atoms with van der Waals surface area (Å²) >= 11 is 0. The topological polar surface area (TPSA) is 38.0 Å². The molecule has 0 aliphatic carbocycles. The molecule has 0 aliphatic rings. The van der Waals surface area contributed by atoms with Crippen molar-refractivity contribution >= 4 is 0 Å². The summed E-state index contributed by atoms with van der Waals surface area (Å²) in [6.45, 7) is 10.6. The van der Waals surface area contributed by atoms with Crippen molar-refractivity contribution in [3.8, 4) is 11.6 Å². The Morgan fingerprint density at radius 2 is 1.85 bits per heavy atom. The van der Waals surface area contributed by atoms with Gasteiger partial charge < -0.3 is 5.11 Å². The first-order valence-electron chi connectivity index (χ1n) is 7.23. The van der Waals surface area contributed by atoms with Gasteiger partial charge in [0.2, 0.25) is 5.88 Å². The van der Waals surface area contributed by atoms with Gasteiger partial charge in [0.15, 0.2) is 0 Å². The molecule has 2 aromatic rings. The van der Waals surface area contributed by atoms with Gasteiger partial charge in [-0.3, -0.25) is 0 Å². The van der Waals surface area contributed by atoms with Crippen molar-refractivity contribution in [3.05, 3.63) is 41.1 Å². The molecule has 108 valence electrons. The van der Waals surface area contributed by atoms with Crippen LogP contribution in [0.3, 0.4) is 0 Å². The lowest BCUT2D eigenvalue weighted by Gasteiger charge is -2.17. The van der Waals surface area contributed by atoms with Crippen molar-refractivity contribution < 1.29 is 5.11 Å². The third-order valence-corrected chi connectivity index (χ3v) is 3.51. The molecule has 20 heavy (non-hydrogen) atoms. The minimum Gasteiger partial charge on any atom is -0.493 e. The molecular formula is C17H24N2O. The third kappa shape index (κ3) is 2.58. The van der Waals surface area contributed by atoms with Crippen LogP contribution in [0.15, 0.2) is 24.3 Å². The van der Waals surface area contributed by atoms with E-state index in [1.807, 2.05) is 31.2 Å². The quantitative estimate of drug-likeness (QED) is 0.912. The van der Waals surface area contributed by atoms with Crippen molar-refractivity contribution in [1.82, 2.24) is 9.78 Å². The minimum atomic E-state index is -0.0735. The van der Waals surface area contributed by atoms with Gasteiger partial charge in [0.1, 0.15) is 0 Å². The normalized spacial score (nSPS) is 11.8. The third-order valence-electron chi connectivity index (χ3n) is 3.51. The largest absolute Gasteiger partial charge is 0.493 e. The van der Waals surface area contributed by atoms with E-state index in [0.29, 0.717) is 0 Å². The van der Waals surface area contributed by atoms with Crippen LogP contribution in [0.25, 0.3) is 5.69 Å². The first-order valence-corrected chi connectivity index (χ1v) is 7.23. The molecule has 2 rings (SSSR count). The van der Waals surface area contributed by atoms with E-state index in [0.717, 1.165) is 35.3 Å². The molecule has 0 atom stereocenters. The average molecular weight is 272 g/mol. The molecule has 0 radical (unpaired) electrons. The molecule has 0 amide bonds. The molecule has 3 heteroatoms. The van der Waals surface area contributed by atoms with Gasteiger partial charge in [0, 0.05) is 11.0 Å². The number of hydrogen-bond donors (Lipinski definition) is 1. The second kappa shape index (κ2) is 5.31. The molecule has 1 aromatic heterocycles. The van der Waals surface area contributed by atoms with E-state index in [9.17, 15) is 5.11 Å². The van der Waals surface area contributed by atoms with Crippen LogP contribution in [-0.4, -0.2) is 14.9 Å². The van der Waals surface area contributed by atoms with Crippen molar-refractivity contribution in [2.24, 2.45) is 0 Å². The second-order valence-electron chi connectivity index (χ2n) is 6.35. The van der Waals surface area contributed by atoms with Gasteiger partial charge in [0.25, 0.3) is 0 Å². The van der Waals surface area contributed by atoms with Crippen LogP contribution < -0.4 is 0 Å². The maximum absolute atomic E-state index is 10.6. The number of benzene rings is 1. The molecule has 1 N–H and O–H groups in total. The van der Waals surface area contributed by atoms with Gasteiger partial charge in [-0.15, -0.1) is 0 Å². The van der Waals surface area contributed by atoms with Crippen LogP contribution in [0.4, 0.5) is 0 Å². The zero-order valence-corrected chi connectivity index (χ0v) is 13.1. The van der Waals surface area contributed by atoms with Crippen LogP contribution in [0, 0.1) is 6.92 Å². The van der Waals surface area contributed by atoms with E-state index < -0.39 is 0 Å². The zero-order valence-electron chi connectivity index (χ0n) is 13.1. The Labute approximate surface area is 121 Å². The second-order valence-corrected chi connectivity index (χ2v) is 6.35. The molecule has 1 aromatic carbocycles. The van der Waals surface area contributed by atoms with E-state index in [1.54, 1.807) is 4.68 Å². The summed E-state index contributed by atoms with van der Waals surface area (Å²) in [7, 11) is 0. The fraction of sp³-hybridized carbons (Fsp3) is 0.471. The average Bonchev–Trinajstić information content (AvgIpc) is 2.68. The van der Waals surface area contributed by atoms with Gasteiger partial charge in [-0.2, -0.15) is 5.10 Å². The maximum Gasteiger partial charge on any atom is 0.217 e. The molecule has 0 saturated carbocycles. The van der Waals surface area contributed by atoms with E-state index in [4.69, 9.17) is 5.10 Å². The van der Waals surface area contributed by atoms with Crippen LogP contribution in [0.1, 0.15) is 50.9 Å². The summed E-state index contributed by atoms with van der Waals surface area (Å²) in [6, 6.07) is 7.99. The lowest BCUT2D eigenvalue weighted by molar-refractivity contribution is 0.427. The van der Waals surface area contributed by atoms with Crippen molar-refractivity contribution in [1.29, 1.82) is 0 Å². The zero-order chi connectivity index (χ0) is 14.9. The minimum absolute atomic E-state index is 0.0735. The van der Waals surface area contributed by atoms with Crippen LogP contribution in [0.5, 0.6) is 5.88 Å². The smallest absolute Gasteiger partial charge is 0.217 e. The highest BCUT2D eigenvalue weighted by Crippen LogP contribution is 2.34. The molecule has 0 unspecified atom stereocenters. The van der Waals surface area contributed by atoms with Crippen LogP contribution in [0.2, 0.25) is 0 Å². The van der Waals surface area contributed by atoms with E-state index >= 15 is 0 Å². The Morgan fingerprint density at radius 3 is 2.40 bits per heavy atom. The summed E-state index contributed by atoms with van der Waals surface area (Å²) in [5.74, 6) is 0.283. The lowest BCUT2D eigenvalue weighted by atomic mass is 9.88. The number of aryl methyl sites for hydroxylation is 1. The summed E-state index contributed by atoms with van der Waals surface area (Å²) in [5, 5.41) is 15.3.